The molecule has 112 valence electrons. The molecule has 1 aliphatic rings. The van der Waals surface area contributed by atoms with Crippen LogP contribution in [0, 0.1) is 17.8 Å². The Labute approximate surface area is 132 Å². The molecule has 1 fully saturated rings. The average Bonchev–Trinajstić information content (AvgIpc) is 2.40. The van der Waals surface area contributed by atoms with E-state index in [-0.39, 0.29) is 0 Å². The van der Waals surface area contributed by atoms with E-state index < -0.39 is 0 Å². The van der Waals surface area contributed by atoms with Crippen LogP contribution in [0.4, 0.5) is 0 Å². The van der Waals surface area contributed by atoms with Gasteiger partial charge < -0.3 is 5.32 Å². The highest BCUT2D eigenvalue weighted by Gasteiger charge is 2.29. The number of hydrogen-bond donors (Lipinski definition) is 1. The van der Waals surface area contributed by atoms with Crippen LogP contribution in [0.15, 0.2) is 29.2 Å². The molecule has 1 aliphatic carbocycles. The van der Waals surface area contributed by atoms with Gasteiger partial charge in [-0.2, -0.15) is 0 Å². The van der Waals surface area contributed by atoms with Crippen molar-refractivity contribution in [3.8, 4) is 0 Å². The SMILES string of the molecule is CNC(CSc1ccccc1Cl)C1CC(C)CC(C)C1. The van der Waals surface area contributed by atoms with Gasteiger partial charge in [0, 0.05) is 16.7 Å². The minimum Gasteiger partial charge on any atom is -0.316 e. The summed E-state index contributed by atoms with van der Waals surface area (Å²) in [5.74, 6) is 3.63. The van der Waals surface area contributed by atoms with Crippen molar-refractivity contribution in [2.45, 2.75) is 44.0 Å². The first kappa shape index (κ1) is 16.2. The molecule has 0 bridgehead atoms. The zero-order valence-corrected chi connectivity index (χ0v) is 14.3. The molecular weight excluding hydrogens is 286 g/mol. The molecule has 0 saturated heterocycles. The van der Waals surface area contributed by atoms with Gasteiger partial charge in [-0.3, -0.25) is 0 Å². The Morgan fingerprint density at radius 2 is 1.85 bits per heavy atom. The van der Waals surface area contributed by atoms with Crippen LogP contribution in [0.3, 0.4) is 0 Å². The molecule has 3 atom stereocenters. The van der Waals surface area contributed by atoms with Crippen molar-refractivity contribution in [2.24, 2.45) is 17.8 Å². The Hall–Kier alpha value is -0.180. The van der Waals surface area contributed by atoms with Gasteiger partial charge in [-0.25, -0.2) is 0 Å². The minimum atomic E-state index is 0.585. The lowest BCUT2D eigenvalue weighted by Gasteiger charge is -2.36. The van der Waals surface area contributed by atoms with E-state index in [2.05, 4.69) is 38.3 Å². The molecule has 1 aromatic rings. The summed E-state index contributed by atoms with van der Waals surface area (Å²) in [7, 11) is 2.10. The van der Waals surface area contributed by atoms with Gasteiger partial charge in [-0.1, -0.05) is 37.6 Å². The molecule has 0 spiro atoms. The number of nitrogens with one attached hydrogen (secondary N) is 1. The normalized spacial score (nSPS) is 28.3. The van der Waals surface area contributed by atoms with E-state index in [1.807, 2.05) is 23.9 Å². The highest BCUT2D eigenvalue weighted by molar-refractivity contribution is 7.99. The summed E-state index contributed by atoms with van der Waals surface area (Å²) in [4.78, 5) is 1.20. The number of hydrogen-bond acceptors (Lipinski definition) is 2. The zero-order chi connectivity index (χ0) is 14.5. The summed E-state index contributed by atoms with van der Waals surface area (Å²) >= 11 is 8.12. The Morgan fingerprint density at radius 1 is 1.20 bits per heavy atom. The molecule has 20 heavy (non-hydrogen) atoms. The first-order valence-corrected chi connectivity index (χ1v) is 9.01. The quantitative estimate of drug-likeness (QED) is 0.760. The first-order valence-electron chi connectivity index (χ1n) is 7.64. The fourth-order valence-electron chi connectivity index (χ4n) is 3.53. The Balaban J connectivity index is 1.93. The highest BCUT2D eigenvalue weighted by Crippen LogP contribution is 2.36. The van der Waals surface area contributed by atoms with Crippen molar-refractivity contribution in [1.29, 1.82) is 0 Å². The number of benzene rings is 1. The van der Waals surface area contributed by atoms with Gasteiger partial charge in [-0.05, 0) is 56.2 Å². The van der Waals surface area contributed by atoms with Crippen molar-refractivity contribution >= 4 is 23.4 Å². The molecular formula is C17H26ClNS. The lowest BCUT2D eigenvalue weighted by atomic mass is 9.74. The highest BCUT2D eigenvalue weighted by atomic mass is 35.5. The molecule has 0 heterocycles. The predicted molar refractivity (Wildman–Crippen MR) is 90.7 cm³/mol. The molecule has 0 aromatic heterocycles. The fraction of sp³-hybridized carbons (Fsp3) is 0.647. The topological polar surface area (TPSA) is 12.0 Å². The van der Waals surface area contributed by atoms with E-state index in [0.29, 0.717) is 6.04 Å². The van der Waals surface area contributed by atoms with Crippen molar-refractivity contribution in [3.05, 3.63) is 29.3 Å². The fourth-order valence-corrected chi connectivity index (χ4v) is 5.01. The molecule has 0 amide bonds. The van der Waals surface area contributed by atoms with Crippen LogP contribution in [0.25, 0.3) is 0 Å². The van der Waals surface area contributed by atoms with Crippen LogP contribution < -0.4 is 5.32 Å². The average molecular weight is 312 g/mol. The lowest BCUT2D eigenvalue weighted by Crippen LogP contribution is -2.39. The van der Waals surface area contributed by atoms with E-state index in [0.717, 1.165) is 28.5 Å². The van der Waals surface area contributed by atoms with Crippen molar-refractivity contribution in [3.63, 3.8) is 0 Å². The third-order valence-electron chi connectivity index (χ3n) is 4.41. The van der Waals surface area contributed by atoms with Crippen LogP contribution in [0.2, 0.25) is 5.02 Å². The summed E-state index contributed by atoms with van der Waals surface area (Å²) in [6, 6.07) is 8.73. The second-order valence-corrected chi connectivity index (χ2v) is 7.78. The first-order chi connectivity index (χ1) is 9.60. The molecule has 3 heteroatoms. The number of rotatable bonds is 5. The molecule has 1 nitrogen and oxygen atoms in total. The maximum atomic E-state index is 6.24. The van der Waals surface area contributed by atoms with E-state index in [1.54, 1.807) is 0 Å². The molecule has 1 aromatic carbocycles. The largest absolute Gasteiger partial charge is 0.316 e. The third kappa shape index (κ3) is 4.41. The molecule has 0 radical (unpaired) electrons. The summed E-state index contributed by atoms with van der Waals surface area (Å²) in [6.07, 6.45) is 4.11. The van der Waals surface area contributed by atoms with Crippen molar-refractivity contribution < 1.29 is 0 Å². The van der Waals surface area contributed by atoms with Crippen LogP contribution >= 0.6 is 23.4 Å². The summed E-state index contributed by atoms with van der Waals surface area (Å²) in [6.45, 7) is 4.80. The van der Waals surface area contributed by atoms with Gasteiger partial charge in [0.25, 0.3) is 0 Å². The summed E-state index contributed by atoms with van der Waals surface area (Å²) in [5.41, 5.74) is 0. The van der Waals surface area contributed by atoms with E-state index in [1.165, 1.54) is 24.2 Å². The van der Waals surface area contributed by atoms with Crippen molar-refractivity contribution in [1.82, 2.24) is 5.32 Å². The van der Waals surface area contributed by atoms with Crippen LogP contribution in [0.5, 0.6) is 0 Å². The standard InChI is InChI=1S/C17H26ClNS/c1-12-8-13(2)10-14(9-12)16(19-3)11-20-17-7-5-4-6-15(17)18/h4-7,12-14,16,19H,8-11H2,1-3H3. The van der Waals surface area contributed by atoms with Crippen LogP contribution in [-0.4, -0.2) is 18.8 Å². The van der Waals surface area contributed by atoms with Crippen LogP contribution in [-0.2, 0) is 0 Å². The smallest absolute Gasteiger partial charge is 0.0541 e. The second-order valence-electron chi connectivity index (χ2n) is 6.31. The number of thioether (sulfide) groups is 1. The second kappa shape index (κ2) is 7.72. The minimum absolute atomic E-state index is 0.585. The lowest BCUT2D eigenvalue weighted by molar-refractivity contribution is 0.188. The van der Waals surface area contributed by atoms with Gasteiger partial charge in [0.2, 0.25) is 0 Å². The van der Waals surface area contributed by atoms with Gasteiger partial charge in [0.15, 0.2) is 0 Å². The summed E-state index contributed by atoms with van der Waals surface area (Å²) in [5, 5.41) is 4.41. The molecule has 3 unspecified atom stereocenters. The van der Waals surface area contributed by atoms with E-state index in [9.17, 15) is 0 Å². The Morgan fingerprint density at radius 3 is 2.45 bits per heavy atom. The maximum Gasteiger partial charge on any atom is 0.0541 e. The van der Waals surface area contributed by atoms with Gasteiger partial charge in [-0.15, -0.1) is 11.8 Å². The van der Waals surface area contributed by atoms with E-state index in [4.69, 9.17) is 11.6 Å². The molecule has 1 N–H and O–H groups in total. The Bertz CT molecular complexity index is 413. The maximum absolute atomic E-state index is 6.24. The number of halogens is 1. The molecule has 2 rings (SSSR count). The predicted octanol–water partition coefficient (Wildman–Crippen LogP) is 5.09. The van der Waals surface area contributed by atoms with Crippen molar-refractivity contribution in [2.75, 3.05) is 12.8 Å². The van der Waals surface area contributed by atoms with Gasteiger partial charge in [0.05, 0.1) is 5.02 Å². The van der Waals surface area contributed by atoms with Gasteiger partial charge >= 0.3 is 0 Å². The van der Waals surface area contributed by atoms with E-state index >= 15 is 0 Å². The monoisotopic (exact) mass is 311 g/mol. The summed E-state index contributed by atoms with van der Waals surface area (Å²) < 4.78 is 0. The third-order valence-corrected chi connectivity index (χ3v) is 6.04. The molecule has 0 aliphatic heterocycles. The van der Waals surface area contributed by atoms with Crippen LogP contribution in [0.1, 0.15) is 33.1 Å². The van der Waals surface area contributed by atoms with Gasteiger partial charge in [0.1, 0.15) is 0 Å². The Kier molecular flexibility index (Phi) is 6.25. The molecule has 1 saturated carbocycles. The zero-order valence-electron chi connectivity index (χ0n) is 12.7.